The predicted octanol–water partition coefficient (Wildman–Crippen LogP) is 3.14. The molecule has 0 aliphatic carbocycles. The standard InChI is InChI=1S/C14H15BrN2O/c1-10(15)7-9-17-14(18)12-6-2-4-11-5-3-8-16-13(11)12/h2-6,8,10H,7,9H2,1H3,(H,17,18). The fourth-order valence-electron chi connectivity index (χ4n) is 1.77. The molecule has 94 valence electrons. The molecule has 1 aromatic carbocycles. The van der Waals surface area contributed by atoms with Gasteiger partial charge in [0.05, 0.1) is 11.1 Å². The van der Waals surface area contributed by atoms with Gasteiger partial charge < -0.3 is 5.32 Å². The van der Waals surface area contributed by atoms with Crippen molar-refractivity contribution in [3.05, 3.63) is 42.1 Å². The third-order valence-electron chi connectivity index (χ3n) is 2.71. The van der Waals surface area contributed by atoms with E-state index < -0.39 is 0 Å². The van der Waals surface area contributed by atoms with E-state index in [9.17, 15) is 4.79 Å². The second kappa shape index (κ2) is 5.96. The molecule has 1 heterocycles. The van der Waals surface area contributed by atoms with Crippen LogP contribution in [0.25, 0.3) is 10.9 Å². The molecule has 0 saturated carbocycles. The quantitative estimate of drug-likeness (QED) is 0.882. The van der Waals surface area contributed by atoms with Crippen LogP contribution < -0.4 is 5.32 Å². The summed E-state index contributed by atoms with van der Waals surface area (Å²) in [6.07, 6.45) is 2.61. The second-order valence-electron chi connectivity index (χ2n) is 4.21. The highest BCUT2D eigenvalue weighted by atomic mass is 79.9. The van der Waals surface area contributed by atoms with Gasteiger partial charge in [-0.1, -0.05) is 41.1 Å². The summed E-state index contributed by atoms with van der Waals surface area (Å²) < 4.78 is 0. The van der Waals surface area contributed by atoms with Crippen molar-refractivity contribution >= 4 is 32.7 Å². The first-order valence-electron chi connectivity index (χ1n) is 5.94. The number of amides is 1. The smallest absolute Gasteiger partial charge is 0.253 e. The van der Waals surface area contributed by atoms with E-state index in [0.29, 0.717) is 16.9 Å². The number of rotatable bonds is 4. The van der Waals surface area contributed by atoms with Crippen LogP contribution in [0.1, 0.15) is 23.7 Å². The molecule has 0 aliphatic rings. The first-order chi connectivity index (χ1) is 8.68. The molecule has 1 N–H and O–H groups in total. The number of pyridine rings is 1. The van der Waals surface area contributed by atoms with Gasteiger partial charge in [-0.15, -0.1) is 0 Å². The van der Waals surface area contributed by atoms with Crippen molar-refractivity contribution < 1.29 is 4.79 Å². The zero-order valence-corrected chi connectivity index (χ0v) is 11.8. The number of fused-ring (bicyclic) bond motifs is 1. The summed E-state index contributed by atoms with van der Waals surface area (Å²) in [6.45, 7) is 2.72. The van der Waals surface area contributed by atoms with Crippen molar-refractivity contribution in [3.63, 3.8) is 0 Å². The van der Waals surface area contributed by atoms with Crippen molar-refractivity contribution in [2.75, 3.05) is 6.54 Å². The summed E-state index contributed by atoms with van der Waals surface area (Å²) in [5, 5.41) is 3.90. The van der Waals surface area contributed by atoms with Gasteiger partial charge in [-0.3, -0.25) is 9.78 Å². The lowest BCUT2D eigenvalue weighted by atomic mass is 10.1. The minimum Gasteiger partial charge on any atom is -0.352 e. The maximum absolute atomic E-state index is 12.1. The van der Waals surface area contributed by atoms with E-state index in [1.165, 1.54) is 0 Å². The molecule has 1 atom stereocenters. The van der Waals surface area contributed by atoms with Gasteiger partial charge >= 0.3 is 0 Å². The van der Waals surface area contributed by atoms with Gasteiger partial charge in [-0.05, 0) is 18.6 Å². The average molecular weight is 307 g/mol. The van der Waals surface area contributed by atoms with Gasteiger partial charge in [0.15, 0.2) is 0 Å². The molecule has 3 nitrogen and oxygen atoms in total. The number of carbonyl (C=O) groups excluding carboxylic acids is 1. The van der Waals surface area contributed by atoms with Crippen molar-refractivity contribution in [2.24, 2.45) is 0 Å². The number of aromatic nitrogens is 1. The molecular formula is C14H15BrN2O. The molecule has 0 radical (unpaired) electrons. The minimum absolute atomic E-state index is 0.0625. The van der Waals surface area contributed by atoms with Crippen LogP contribution in [0, 0.1) is 0 Å². The number of halogens is 1. The third kappa shape index (κ3) is 3.07. The van der Waals surface area contributed by atoms with Crippen LogP contribution in [-0.2, 0) is 0 Å². The van der Waals surface area contributed by atoms with E-state index in [4.69, 9.17) is 0 Å². The Kier molecular flexibility index (Phi) is 4.31. The number of para-hydroxylation sites is 1. The molecule has 1 aromatic heterocycles. The van der Waals surface area contributed by atoms with Crippen LogP contribution in [0.4, 0.5) is 0 Å². The highest BCUT2D eigenvalue weighted by Crippen LogP contribution is 2.15. The lowest BCUT2D eigenvalue weighted by Crippen LogP contribution is -2.26. The van der Waals surface area contributed by atoms with Crippen molar-refractivity contribution in [1.29, 1.82) is 0 Å². The van der Waals surface area contributed by atoms with Gasteiger partial charge in [0.25, 0.3) is 5.91 Å². The molecule has 2 aromatic rings. The lowest BCUT2D eigenvalue weighted by molar-refractivity contribution is 0.0955. The Morgan fingerprint density at radius 1 is 1.39 bits per heavy atom. The molecule has 1 unspecified atom stereocenters. The summed E-state index contributed by atoms with van der Waals surface area (Å²) in [7, 11) is 0. The summed E-state index contributed by atoms with van der Waals surface area (Å²) in [5.74, 6) is -0.0625. The Balaban J connectivity index is 2.17. The van der Waals surface area contributed by atoms with Crippen LogP contribution in [0.15, 0.2) is 36.5 Å². The highest BCUT2D eigenvalue weighted by Gasteiger charge is 2.10. The van der Waals surface area contributed by atoms with Crippen molar-refractivity contribution in [3.8, 4) is 0 Å². The molecule has 18 heavy (non-hydrogen) atoms. The maximum atomic E-state index is 12.1. The second-order valence-corrected chi connectivity index (χ2v) is 5.77. The van der Waals surface area contributed by atoms with Crippen LogP contribution in [0.5, 0.6) is 0 Å². The molecule has 0 aliphatic heterocycles. The van der Waals surface area contributed by atoms with E-state index in [1.807, 2.05) is 30.3 Å². The van der Waals surface area contributed by atoms with Gasteiger partial charge in [0.2, 0.25) is 0 Å². The Hall–Kier alpha value is -1.42. The molecule has 0 bridgehead atoms. The fraction of sp³-hybridized carbons (Fsp3) is 0.286. The summed E-state index contributed by atoms with van der Waals surface area (Å²) in [6, 6.07) is 9.48. The SMILES string of the molecule is CC(Br)CCNC(=O)c1cccc2cccnc12. The van der Waals surface area contributed by atoms with E-state index in [-0.39, 0.29) is 5.91 Å². The van der Waals surface area contributed by atoms with Gasteiger partial charge in [-0.25, -0.2) is 0 Å². The third-order valence-corrected chi connectivity index (χ3v) is 3.16. The summed E-state index contributed by atoms with van der Waals surface area (Å²) in [4.78, 5) is 16.8. The van der Waals surface area contributed by atoms with Crippen molar-refractivity contribution in [2.45, 2.75) is 18.2 Å². The molecule has 0 saturated heterocycles. The van der Waals surface area contributed by atoms with E-state index >= 15 is 0 Å². The Morgan fingerprint density at radius 2 is 2.17 bits per heavy atom. The lowest BCUT2D eigenvalue weighted by Gasteiger charge is -2.08. The number of nitrogens with zero attached hydrogens (tertiary/aromatic N) is 1. The van der Waals surface area contributed by atoms with Gasteiger partial charge in [0.1, 0.15) is 0 Å². The largest absolute Gasteiger partial charge is 0.352 e. The number of hydrogen-bond acceptors (Lipinski definition) is 2. The first kappa shape index (κ1) is 13.0. The minimum atomic E-state index is -0.0625. The van der Waals surface area contributed by atoms with Gasteiger partial charge in [0, 0.05) is 23.0 Å². The van der Waals surface area contributed by atoms with E-state index in [0.717, 1.165) is 17.3 Å². The average Bonchev–Trinajstić information content (AvgIpc) is 2.37. The van der Waals surface area contributed by atoms with Crippen LogP contribution in [0.2, 0.25) is 0 Å². The molecule has 0 spiro atoms. The first-order valence-corrected chi connectivity index (χ1v) is 6.86. The normalized spacial score (nSPS) is 12.3. The molecule has 1 amide bonds. The van der Waals surface area contributed by atoms with Crippen LogP contribution >= 0.6 is 15.9 Å². The summed E-state index contributed by atoms with van der Waals surface area (Å²) >= 11 is 3.46. The molecule has 4 heteroatoms. The predicted molar refractivity (Wildman–Crippen MR) is 77.1 cm³/mol. The van der Waals surface area contributed by atoms with E-state index in [1.54, 1.807) is 6.20 Å². The maximum Gasteiger partial charge on any atom is 0.253 e. The molecular weight excluding hydrogens is 292 g/mol. The monoisotopic (exact) mass is 306 g/mol. The highest BCUT2D eigenvalue weighted by molar-refractivity contribution is 9.09. The summed E-state index contributed by atoms with van der Waals surface area (Å²) in [5.41, 5.74) is 1.39. The van der Waals surface area contributed by atoms with Gasteiger partial charge in [-0.2, -0.15) is 0 Å². The number of benzene rings is 1. The Morgan fingerprint density at radius 3 is 2.94 bits per heavy atom. The number of nitrogens with one attached hydrogen (secondary N) is 1. The van der Waals surface area contributed by atoms with Crippen LogP contribution in [0.3, 0.4) is 0 Å². The molecule has 2 rings (SSSR count). The Bertz CT molecular complexity index is 549. The number of carbonyl (C=O) groups is 1. The number of hydrogen-bond donors (Lipinski definition) is 1. The van der Waals surface area contributed by atoms with Crippen molar-refractivity contribution in [1.82, 2.24) is 10.3 Å². The number of alkyl halides is 1. The zero-order valence-electron chi connectivity index (χ0n) is 10.2. The van der Waals surface area contributed by atoms with Crippen LogP contribution in [-0.4, -0.2) is 22.3 Å². The zero-order chi connectivity index (χ0) is 13.0. The Labute approximate surface area is 115 Å². The fourth-order valence-corrected chi connectivity index (χ4v) is 2.00. The van der Waals surface area contributed by atoms with E-state index in [2.05, 4.69) is 33.2 Å². The molecule has 0 fully saturated rings. The topological polar surface area (TPSA) is 42.0 Å².